The largest absolute Gasteiger partial charge is 0.478 e. The second-order valence-corrected chi connectivity index (χ2v) is 4.41. The normalized spacial score (nSPS) is 10.4. The summed E-state index contributed by atoms with van der Waals surface area (Å²) in [7, 11) is 0. The molecule has 1 N–H and O–H groups in total. The van der Waals surface area contributed by atoms with Crippen molar-refractivity contribution in [1.82, 2.24) is 0 Å². The highest BCUT2D eigenvalue weighted by atomic mass is 35.5. The first-order valence-corrected chi connectivity index (χ1v) is 5.73. The van der Waals surface area contributed by atoms with Gasteiger partial charge in [0.15, 0.2) is 0 Å². The number of aromatic carboxylic acids is 1. The van der Waals surface area contributed by atoms with Crippen LogP contribution >= 0.6 is 23.2 Å². The quantitative estimate of drug-likeness (QED) is 0.882. The predicted octanol–water partition coefficient (Wildman–Crippen LogP) is 4.50. The molecule has 0 bridgehead atoms. The van der Waals surface area contributed by atoms with Crippen LogP contribution in [0.2, 0.25) is 10.0 Å². The van der Waals surface area contributed by atoms with Crippen LogP contribution in [0.4, 0.5) is 4.39 Å². The van der Waals surface area contributed by atoms with Gasteiger partial charge in [-0.25, -0.2) is 9.18 Å². The predicted molar refractivity (Wildman–Crippen MR) is 68.8 cm³/mol. The number of carboxylic acid groups (broad SMARTS) is 1. The lowest BCUT2D eigenvalue weighted by atomic mass is 10.0. The fraction of sp³-hybridized carbons (Fsp3) is 0. The SMILES string of the molecule is O=C(O)c1cc(Cl)c(-c2ccccc2Cl)cc1F. The molecule has 5 heteroatoms. The minimum Gasteiger partial charge on any atom is -0.478 e. The second-order valence-electron chi connectivity index (χ2n) is 3.60. The molecule has 2 aromatic carbocycles. The fourth-order valence-electron chi connectivity index (χ4n) is 1.60. The fourth-order valence-corrected chi connectivity index (χ4v) is 2.10. The second kappa shape index (κ2) is 4.96. The Kier molecular flexibility index (Phi) is 3.55. The monoisotopic (exact) mass is 284 g/mol. The number of hydrogen-bond donors (Lipinski definition) is 1. The van der Waals surface area contributed by atoms with Gasteiger partial charge in [0.25, 0.3) is 0 Å². The Balaban J connectivity index is 2.64. The zero-order chi connectivity index (χ0) is 13.3. The first-order valence-electron chi connectivity index (χ1n) is 4.98. The average Bonchev–Trinajstić information content (AvgIpc) is 2.32. The van der Waals surface area contributed by atoms with Gasteiger partial charge >= 0.3 is 5.97 Å². The standard InChI is InChI=1S/C13H7Cl2FO2/c14-10-4-2-1-3-7(10)8-6-12(16)9(13(17)18)5-11(8)15/h1-6H,(H,17,18). The molecule has 0 fully saturated rings. The smallest absolute Gasteiger partial charge is 0.338 e. The van der Waals surface area contributed by atoms with Crippen molar-refractivity contribution in [3.05, 3.63) is 57.8 Å². The minimum atomic E-state index is -1.36. The Morgan fingerprint density at radius 1 is 1.06 bits per heavy atom. The molecule has 0 radical (unpaired) electrons. The summed E-state index contributed by atoms with van der Waals surface area (Å²) in [5, 5.41) is 9.34. The van der Waals surface area contributed by atoms with E-state index in [4.69, 9.17) is 28.3 Å². The van der Waals surface area contributed by atoms with Gasteiger partial charge in [-0.3, -0.25) is 0 Å². The summed E-state index contributed by atoms with van der Waals surface area (Å²) in [6.45, 7) is 0. The molecule has 0 aliphatic heterocycles. The first-order chi connectivity index (χ1) is 8.50. The topological polar surface area (TPSA) is 37.3 Å². The zero-order valence-electron chi connectivity index (χ0n) is 8.95. The Hall–Kier alpha value is -1.58. The molecule has 0 aliphatic carbocycles. The lowest BCUT2D eigenvalue weighted by molar-refractivity contribution is 0.0692. The molecule has 0 spiro atoms. The zero-order valence-corrected chi connectivity index (χ0v) is 10.5. The van der Waals surface area contributed by atoms with Crippen LogP contribution in [-0.4, -0.2) is 11.1 Å². The summed E-state index contributed by atoms with van der Waals surface area (Å²) in [6, 6.07) is 8.97. The van der Waals surface area contributed by atoms with E-state index in [1.54, 1.807) is 24.3 Å². The van der Waals surface area contributed by atoms with Crippen molar-refractivity contribution < 1.29 is 14.3 Å². The van der Waals surface area contributed by atoms with Gasteiger partial charge in [-0.05, 0) is 18.2 Å². The number of carboxylic acids is 1. The van der Waals surface area contributed by atoms with Crippen LogP contribution < -0.4 is 0 Å². The number of hydrogen-bond acceptors (Lipinski definition) is 1. The van der Waals surface area contributed by atoms with Gasteiger partial charge in [0.05, 0.1) is 5.56 Å². The Bertz CT molecular complexity index is 626. The molecule has 0 heterocycles. The van der Waals surface area contributed by atoms with E-state index in [9.17, 15) is 9.18 Å². The number of carbonyl (C=O) groups is 1. The highest BCUT2D eigenvalue weighted by Gasteiger charge is 2.16. The van der Waals surface area contributed by atoms with Crippen molar-refractivity contribution in [3.8, 4) is 11.1 Å². The lowest BCUT2D eigenvalue weighted by Gasteiger charge is -2.08. The van der Waals surface area contributed by atoms with Gasteiger partial charge in [-0.1, -0.05) is 41.4 Å². The van der Waals surface area contributed by atoms with Gasteiger partial charge in [-0.2, -0.15) is 0 Å². The van der Waals surface area contributed by atoms with Crippen molar-refractivity contribution in [2.24, 2.45) is 0 Å². The molecule has 2 aromatic rings. The van der Waals surface area contributed by atoms with Crippen LogP contribution in [0.1, 0.15) is 10.4 Å². The van der Waals surface area contributed by atoms with E-state index < -0.39 is 17.3 Å². The summed E-state index contributed by atoms with van der Waals surface area (Å²) in [5.74, 6) is -2.21. The average molecular weight is 285 g/mol. The van der Waals surface area contributed by atoms with Crippen LogP contribution in [0.3, 0.4) is 0 Å². The third-order valence-electron chi connectivity index (χ3n) is 2.45. The number of halogens is 3. The summed E-state index contributed by atoms with van der Waals surface area (Å²) in [4.78, 5) is 10.8. The van der Waals surface area contributed by atoms with Gasteiger partial charge in [0, 0.05) is 21.2 Å². The van der Waals surface area contributed by atoms with E-state index in [2.05, 4.69) is 0 Å². The molecule has 0 unspecified atom stereocenters. The maximum atomic E-state index is 13.6. The molecule has 2 nitrogen and oxygen atoms in total. The molecule has 18 heavy (non-hydrogen) atoms. The molecule has 0 atom stereocenters. The number of benzene rings is 2. The van der Waals surface area contributed by atoms with Crippen molar-refractivity contribution in [2.75, 3.05) is 0 Å². The summed E-state index contributed by atoms with van der Waals surface area (Å²) < 4.78 is 13.6. The van der Waals surface area contributed by atoms with Crippen molar-refractivity contribution in [1.29, 1.82) is 0 Å². The van der Waals surface area contributed by atoms with E-state index in [0.717, 1.165) is 12.1 Å². The Morgan fingerprint density at radius 3 is 2.33 bits per heavy atom. The van der Waals surface area contributed by atoms with E-state index in [1.165, 1.54) is 0 Å². The lowest BCUT2D eigenvalue weighted by Crippen LogP contribution is -2.01. The Morgan fingerprint density at radius 2 is 1.72 bits per heavy atom. The number of rotatable bonds is 2. The van der Waals surface area contributed by atoms with Gasteiger partial charge < -0.3 is 5.11 Å². The van der Waals surface area contributed by atoms with Crippen LogP contribution in [0.5, 0.6) is 0 Å². The molecular weight excluding hydrogens is 278 g/mol. The minimum absolute atomic E-state index is 0.141. The summed E-state index contributed by atoms with van der Waals surface area (Å²) in [6.07, 6.45) is 0. The maximum Gasteiger partial charge on any atom is 0.338 e. The molecule has 0 saturated heterocycles. The highest BCUT2D eigenvalue weighted by molar-refractivity contribution is 6.36. The van der Waals surface area contributed by atoms with Gasteiger partial charge in [0.1, 0.15) is 5.82 Å². The Labute approximate surface area is 113 Å². The first kappa shape index (κ1) is 12.9. The summed E-state index contributed by atoms with van der Waals surface area (Å²) >= 11 is 12.0. The third kappa shape index (κ3) is 2.33. The van der Waals surface area contributed by atoms with Crippen LogP contribution in [0, 0.1) is 5.82 Å². The molecule has 0 amide bonds. The molecule has 2 rings (SSSR count). The van der Waals surface area contributed by atoms with E-state index in [1.807, 2.05) is 0 Å². The van der Waals surface area contributed by atoms with E-state index in [-0.39, 0.29) is 5.02 Å². The molecule has 92 valence electrons. The highest BCUT2D eigenvalue weighted by Crippen LogP contribution is 2.34. The van der Waals surface area contributed by atoms with Crippen molar-refractivity contribution >= 4 is 29.2 Å². The summed E-state index contributed by atoms with van der Waals surface area (Å²) in [5.41, 5.74) is 0.459. The maximum absolute atomic E-state index is 13.6. The molecule has 0 saturated carbocycles. The molecule has 0 aromatic heterocycles. The molecular formula is C13H7Cl2FO2. The molecule has 0 aliphatic rings. The van der Waals surface area contributed by atoms with Crippen LogP contribution in [0.25, 0.3) is 11.1 Å². The van der Waals surface area contributed by atoms with Crippen molar-refractivity contribution in [3.63, 3.8) is 0 Å². The van der Waals surface area contributed by atoms with Crippen LogP contribution in [0.15, 0.2) is 36.4 Å². The van der Waals surface area contributed by atoms with Crippen molar-refractivity contribution in [2.45, 2.75) is 0 Å². The van der Waals surface area contributed by atoms with Gasteiger partial charge in [-0.15, -0.1) is 0 Å². The van der Waals surface area contributed by atoms with E-state index in [0.29, 0.717) is 16.1 Å². The van der Waals surface area contributed by atoms with E-state index >= 15 is 0 Å². The van der Waals surface area contributed by atoms with Crippen LogP contribution in [-0.2, 0) is 0 Å². The third-order valence-corrected chi connectivity index (χ3v) is 3.09. The van der Waals surface area contributed by atoms with Gasteiger partial charge in [0.2, 0.25) is 0 Å².